The summed E-state index contributed by atoms with van der Waals surface area (Å²) in [6, 6.07) is 16.5. The summed E-state index contributed by atoms with van der Waals surface area (Å²) >= 11 is 0. The largest absolute Gasteiger partial charge is 0.383 e. The van der Waals surface area contributed by atoms with Gasteiger partial charge in [-0.05, 0) is 43.5 Å². The van der Waals surface area contributed by atoms with Crippen LogP contribution in [0.5, 0.6) is 0 Å². The number of nitrogens with zero attached hydrogens (tertiary/aromatic N) is 2. The first-order valence-corrected chi connectivity index (χ1v) is 7.06. The third kappa shape index (κ3) is 2.31. The number of aryl methyl sites for hydroxylation is 3. The highest BCUT2D eigenvalue weighted by atomic mass is 15.3. The molecule has 0 aliphatic heterocycles. The van der Waals surface area contributed by atoms with E-state index < -0.39 is 0 Å². The molecule has 21 heavy (non-hydrogen) atoms. The van der Waals surface area contributed by atoms with Gasteiger partial charge in [0.05, 0.1) is 11.4 Å². The molecule has 2 N–H and O–H groups in total. The van der Waals surface area contributed by atoms with Gasteiger partial charge in [-0.1, -0.05) is 42.5 Å². The fraction of sp³-hybridized carbons (Fsp3) is 0.167. The molecule has 2 aromatic carbocycles. The van der Waals surface area contributed by atoms with Gasteiger partial charge in [0.2, 0.25) is 0 Å². The summed E-state index contributed by atoms with van der Waals surface area (Å²) in [5.74, 6) is 0.687. The van der Waals surface area contributed by atoms with Gasteiger partial charge in [-0.15, -0.1) is 0 Å². The van der Waals surface area contributed by atoms with Gasteiger partial charge in [-0.3, -0.25) is 0 Å². The van der Waals surface area contributed by atoms with Crippen molar-refractivity contribution in [1.29, 1.82) is 0 Å². The van der Waals surface area contributed by atoms with E-state index in [4.69, 9.17) is 5.73 Å². The van der Waals surface area contributed by atoms with Crippen molar-refractivity contribution in [3.63, 3.8) is 0 Å². The molecule has 0 saturated carbocycles. The first-order chi connectivity index (χ1) is 10.1. The highest BCUT2D eigenvalue weighted by Crippen LogP contribution is 2.31. The third-order valence-electron chi connectivity index (χ3n) is 3.75. The molecule has 0 atom stereocenters. The van der Waals surface area contributed by atoms with Crippen LogP contribution in [-0.2, 0) is 0 Å². The zero-order chi connectivity index (χ0) is 15.0. The fourth-order valence-corrected chi connectivity index (χ4v) is 2.64. The van der Waals surface area contributed by atoms with Crippen LogP contribution in [0.15, 0.2) is 48.5 Å². The summed E-state index contributed by atoms with van der Waals surface area (Å²) < 4.78 is 1.85. The van der Waals surface area contributed by atoms with Gasteiger partial charge in [0.1, 0.15) is 5.82 Å². The number of hydrogen-bond acceptors (Lipinski definition) is 2. The van der Waals surface area contributed by atoms with E-state index in [1.165, 1.54) is 5.56 Å². The molecule has 3 nitrogen and oxygen atoms in total. The van der Waals surface area contributed by atoms with Crippen LogP contribution in [0.3, 0.4) is 0 Å². The number of benzene rings is 2. The number of hydrogen-bond donors (Lipinski definition) is 1. The maximum absolute atomic E-state index is 6.39. The van der Waals surface area contributed by atoms with Gasteiger partial charge in [0, 0.05) is 5.56 Å². The molecule has 0 aliphatic carbocycles. The van der Waals surface area contributed by atoms with Crippen molar-refractivity contribution < 1.29 is 0 Å². The number of rotatable bonds is 2. The van der Waals surface area contributed by atoms with E-state index in [-0.39, 0.29) is 0 Å². The molecule has 1 aromatic heterocycles. The quantitative estimate of drug-likeness (QED) is 0.768. The second-order valence-corrected chi connectivity index (χ2v) is 5.41. The number of nitrogen functional groups attached to an aromatic ring is 1. The van der Waals surface area contributed by atoms with E-state index in [1.807, 2.05) is 29.8 Å². The van der Waals surface area contributed by atoms with Crippen molar-refractivity contribution in [3.8, 4) is 16.8 Å². The maximum Gasteiger partial charge on any atom is 0.135 e. The molecule has 0 spiro atoms. The Balaban J connectivity index is 2.21. The van der Waals surface area contributed by atoms with Crippen LogP contribution in [0.25, 0.3) is 16.8 Å². The molecule has 3 aromatic rings. The Bertz CT molecular complexity index is 786. The predicted molar refractivity (Wildman–Crippen MR) is 87.6 cm³/mol. The Morgan fingerprint density at radius 2 is 1.67 bits per heavy atom. The standard InChI is InChI=1S/C18H19N3/c1-12-9-10-13(2)16(11-12)21-18(19)17(14(3)20-21)15-7-5-4-6-8-15/h4-11H,19H2,1-3H3. The van der Waals surface area contributed by atoms with E-state index in [1.54, 1.807) is 0 Å². The van der Waals surface area contributed by atoms with Gasteiger partial charge in [0.15, 0.2) is 0 Å². The lowest BCUT2D eigenvalue weighted by Crippen LogP contribution is -2.04. The van der Waals surface area contributed by atoms with Crippen molar-refractivity contribution in [3.05, 3.63) is 65.4 Å². The second kappa shape index (κ2) is 5.09. The van der Waals surface area contributed by atoms with E-state index in [0.717, 1.165) is 28.1 Å². The number of anilines is 1. The Kier molecular flexibility index (Phi) is 3.26. The molecule has 106 valence electrons. The Hall–Kier alpha value is -2.55. The van der Waals surface area contributed by atoms with Crippen LogP contribution in [0, 0.1) is 20.8 Å². The second-order valence-electron chi connectivity index (χ2n) is 5.41. The van der Waals surface area contributed by atoms with Gasteiger partial charge < -0.3 is 5.73 Å². The van der Waals surface area contributed by atoms with E-state index in [9.17, 15) is 0 Å². The van der Waals surface area contributed by atoms with Crippen LogP contribution in [0.4, 0.5) is 5.82 Å². The lowest BCUT2D eigenvalue weighted by atomic mass is 10.1. The molecule has 3 rings (SSSR count). The van der Waals surface area contributed by atoms with Gasteiger partial charge >= 0.3 is 0 Å². The van der Waals surface area contributed by atoms with Crippen molar-refractivity contribution in [2.24, 2.45) is 0 Å². The van der Waals surface area contributed by atoms with Crippen molar-refractivity contribution in [2.75, 3.05) is 5.73 Å². The Labute approximate surface area is 125 Å². The van der Waals surface area contributed by atoms with Gasteiger partial charge in [0.25, 0.3) is 0 Å². The summed E-state index contributed by atoms with van der Waals surface area (Å²) in [6.45, 7) is 6.15. The number of aromatic nitrogens is 2. The van der Waals surface area contributed by atoms with Crippen LogP contribution in [0.1, 0.15) is 16.8 Å². The summed E-state index contributed by atoms with van der Waals surface area (Å²) in [7, 11) is 0. The zero-order valence-electron chi connectivity index (χ0n) is 12.6. The molecule has 0 amide bonds. The molecule has 0 unspecified atom stereocenters. The SMILES string of the molecule is Cc1ccc(C)c(-n2nc(C)c(-c3ccccc3)c2N)c1. The molecule has 0 bridgehead atoms. The molecule has 1 heterocycles. The minimum atomic E-state index is 0.687. The van der Waals surface area contributed by atoms with Crippen LogP contribution in [-0.4, -0.2) is 9.78 Å². The summed E-state index contributed by atoms with van der Waals surface area (Å²) in [4.78, 5) is 0. The molecule has 0 radical (unpaired) electrons. The van der Waals surface area contributed by atoms with E-state index in [0.29, 0.717) is 5.82 Å². The van der Waals surface area contributed by atoms with Crippen LogP contribution < -0.4 is 5.73 Å². The molecule has 0 fully saturated rings. The normalized spacial score (nSPS) is 10.8. The first kappa shape index (κ1) is 13.4. The third-order valence-corrected chi connectivity index (χ3v) is 3.75. The molecule has 3 heteroatoms. The average Bonchev–Trinajstić information content (AvgIpc) is 2.77. The maximum atomic E-state index is 6.39. The molecular formula is C18H19N3. The predicted octanol–water partition coefficient (Wildman–Crippen LogP) is 4.05. The zero-order valence-corrected chi connectivity index (χ0v) is 12.6. The Morgan fingerprint density at radius 3 is 2.38 bits per heavy atom. The smallest absolute Gasteiger partial charge is 0.135 e. The molecule has 0 aliphatic rings. The fourth-order valence-electron chi connectivity index (χ4n) is 2.64. The summed E-state index contributed by atoms with van der Waals surface area (Å²) in [5.41, 5.74) is 12.8. The molecule has 0 saturated heterocycles. The van der Waals surface area contributed by atoms with E-state index >= 15 is 0 Å². The van der Waals surface area contributed by atoms with Gasteiger partial charge in [-0.25, -0.2) is 4.68 Å². The highest BCUT2D eigenvalue weighted by Gasteiger charge is 2.16. The lowest BCUT2D eigenvalue weighted by molar-refractivity contribution is 0.864. The summed E-state index contributed by atoms with van der Waals surface area (Å²) in [5, 5.41) is 4.65. The van der Waals surface area contributed by atoms with Crippen LogP contribution >= 0.6 is 0 Å². The topological polar surface area (TPSA) is 43.8 Å². The monoisotopic (exact) mass is 277 g/mol. The van der Waals surface area contributed by atoms with Gasteiger partial charge in [-0.2, -0.15) is 5.10 Å². The van der Waals surface area contributed by atoms with Crippen molar-refractivity contribution in [2.45, 2.75) is 20.8 Å². The minimum Gasteiger partial charge on any atom is -0.383 e. The first-order valence-electron chi connectivity index (χ1n) is 7.06. The van der Waals surface area contributed by atoms with E-state index in [2.05, 4.69) is 49.3 Å². The molecular weight excluding hydrogens is 258 g/mol. The Morgan fingerprint density at radius 1 is 0.952 bits per heavy atom. The minimum absolute atomic E-state index is 0.687. The van der Waals surface area contributed by atoms with Crippen molar-refractivity contribution in [1.82, 2.24) is 9.78 Å². The summed E-state index contributed by atoms with van der Waals surface area (Å²) in [6.07, 6.45) is 0. The lowest BCUT2D eigenvalue weighted by Gasteiger charge is -2.09. The highest BCUT2D eigenvalue weighted by molar-refractivity contribution is 5.77. The van der Waals surface area contributed by atoms with Crippen molar-refractivity contribution >= 4 is 5.82 Å². The average molecular weight is 277 g/mol. The number of nitrogens with two attached hydrogens (primary N) is 1. The van der Waals surface area contributed by atoms with Crippen LogP contribution in [0.2, 0.25) is 0 Å².